The van der Waals surface area contributed by atoms with Crippen LogP contribution in [0.4, 0.5) is 18.0 Å². The zero-order valence-electron chi connectivity index (χ0n) is 24.0. The minimum Gasteiger partial charge on any atom is -0.480 e. The fourth-order valence-electron chi connectivity index (χ4n) is 5.06. The Labute approximate surface area is 236 Å². The summed E-state index contributed by atoms with van der Waals surface area (Å²) in [5.41, 5.74) is 0. The highest BCUT2D eigenvalue weighted by Crippen LogP contribution is 2.24. The predicted octanol–water partition coefficient (Wildman–Crippen LogP) is 1.24. The first-order valence-electron chi connectivity index (χ1n) is 13.7. The number of carboxylic acid groups (broad SMARTS) is 1. The second-order valence-corrected chi connectivity index (χ2v) is 11.4. The number of Topliss-reactive ketones (excluding diaryl/α,β-unsaturated/α-hetero) is 1. The van der Waals surface area contributed by atoms with Crippen molar-refractivity contribution < 1.29 is 47.0 Å². The van der Waals surface area contributed by atoms with Crippen LogP contribution in [0.3, 0.4) is 0 Å². The van der Waals surface area contributed by atoms with Crippen molar-refractivity contribution in [3.05, 3.63) is 0 Å². The lowest BCUT2D eigenvalue weighted by Crippen LogP contribution is -2.58. The van der Waals surface area contributed by atoms with E-state index in [1.807, 2.05) is 0 Å². The molecule has 0 aliphatic carbocycles. The highest BCUT2D eigenvalue weighted by atomic mass is 19.4. The van der Waals surface area contributed by atoms with Crippen molar-refractivity contribution in [1.82, 2.24) is 25.3 Å². The maximum Gasteiger partial charge on any atom is 0.452 e. The molecule has 41 heavy (non-hydrogen) atoms. The first-order chi connectivity index (χ1) is 18.9. The number of aliphatic carboxylic acids is 1. The van der Waals surface area contributed by atoms with Crippen LogP contribution in [0, 0.1) is 17.8 Å². The molecule has 232 valence electrons. The minimum absolute atomic E-state index is 0.0290. The summed E-state index contributed by atoms with van der Waals surface area (Å²) in [7, 11) is 0. The van der Waals surface area contributed by atoms with Crippen molar-refractivity contribution in [2.45, 2.75) is 78.2 Å². The Morgan fingerprint density at radius 1 is 0.927 bits per heavy atom. The SMILES string of the molecule is CC(CC(=O)N[C@H](C(=O)N1CCC[C@H]1C(=O)N[C@H](C(=O)C(F)(F)F)C(C)C)C(C)C)CN1CCN(CC(=O)O)C1=O. The lowest BCUT2D eigenvalue weighted by molar-refractivity contribution is -0.175. The number of carbonyl (C=O) groups is 6. The van der Waals surface area contributed by atoms with E-state index < -0.39 is 72.3 Å². The van der Waals surface area contributed by atoms with E-state index in [0.29, 0.717) is 13.0 Å². The van der Waals surface area contributed by atoms with Crippen molar-refractivity contribution in [2.24, 2.45) is 17.8 Å². The van der Waals surface area contributed by atoms with Gasteiger partial charge in [-0.05, 0) is 30.6 Å². The lowest BCUT2D eigenvalue weighted by atomic mass is 9.98. The van der Waals surface area contributed by atoms with Crippen LogP contribution in [0.25, 0.3) is 0 Å². The molecule has 0 bridgehead atoms. The quantitative estimate of drug-likeness (QED) is 0.291. The maximum atomic E-state index is 13.5. The van der Waals surface area contributed by atoms with E-state index in [4.69, 9.17) is 5.11 Å². The molecule has 0 aromatic carbocycles. The van der Waals surface area contributed by atoms with Crippen LogP contribution in [-0.2, 0) is 24.0 Å². The Bertz CT molecular complexity index is 1020. The third-order valence-electron chi connectivity index (χ3n) is 7.19. The van der Waals surface area contributed by atoms with Crippen molar-refractivity contribution in [3.63, 3.8) is 0 Å². The van der Waals surface area contributed by atoms with E-state index in [9.17, 15) is 41.9 Å². The molecule has 0 aromatic heterocycles. The van der Waals surface area contributed by atoms with Crippen molar-refractivity contribution in [2.75, 3.05) is 32.7 Å². The van der Waals surface area contributed by atoms with Gasteiger partial charge in [0.15, 0.2) is 0 Å². The molecule has 0 aromatic rings. The summed E-state index contributed by atoms with van der Waals surface area (Å²) in [5, 5.41) is 13.8. The van der Waals surface area contributed by atoms with Gasteiger partial charge >= 0.3 is 18.2 Å². The second-order valence-electron chi connectivity index (χ2n) is 11.4. The zero-order chi connectivity index (χ0) is 31.2. The van der Waals surface area contributed by atoms with E-state index in [1.54, 1.807) is 20.8 Å². The molecule has 5 amide bonds. The number of amides is 5. The van der Waals surface area contributed by atoms with Crippen molar-refractivity contribution >= 4 is 35.5 Å². The van der Waals surface area contributed by atoms with Gasteiger partial charge < -0.3 is 30.4 Å². The normalized spacial score (nSPS) is 19.9. The van der Waals surface area contributed by atoms with E-state index in [1.165, 1.54) is 28.5 Å². The van der Waals surface area contributed by atoms with E-state index in [-0.39, 0.29) is 44.3 Å². The third-order valence-corrected chi connectivity index (χ3v) is 7.19. The van der Waals surface area contributed by atoms with Gasteiger partial charge in [0.25, 0.3) is 5.78 Å². The summed E-state index contributed by atoms with van der Waals surface area (Å²) >= 11 is 0. The van der Waals surface area contributed by atoms with Gasteiger partial charge in [-0.1, -0.05) is 34.6 Å². The molecular weight excluding hydrogens is 551 g/mol. The molecule has 2 heterocycles. The highest BCUT2D eigenvalue weighted by Gasteiger charge is 2.46. The summed E-state index contributed by atoms with van der Waals surface area (Å²) in [6, 6.07) is -4.32. The third kappa shape index (κ3) is 9.05. The van der Waals surface area contributed by atoms with Crippen LogP contribution in [0.5, 0.6) is 0 Å². The molecule has 2 saturated heterocycles. The number of nitrogens with zero attached hydrogens (tertiary/aromatic N) is 3. The minimum atomic E-state index is -5.13. The van der Waals surface area contributed by atoms with Crippen molar-refractivity contribution in [1.29, 1.82) is 0 Å². The fraction of sp³-hybridized carbons (Fsp3) is 0.769. The summed E-state index contributed by atoms with van der Waals surface area (Å²) in [6.07, 6.45) is -4.54. The molecule has 0 spiro atoms. The summed E-state index contributed by atoms with van der Waals surface area (Å²) in [5.74, 6) is -6.59. The Morgan fingerprint density at radius 3 is 2.05 bits per heavy atom. The highest BCUT2D eigenvalue weighted by molar-refractivity contribution is 5.96. The Morgan fingerprint density at radius 2 is 1.51 bits per heavy atom. The smallest absolute Gasteiger partial charge is 0.452 e. The molecular formula is C26H40F3N5O7. The summed E-state index contributed by atoms with van der Waals surface area (Å²) in [6.45, 7) is 8.47. The molecule has 2 rings (SSSR count). The number of hydrogen-bond donors (Lipinski definition) is 3. The van der Waals surface area contributed by atoms with Gasteiger partial charge in [0.1, 0.15) is 18.6 Å². The van der Waals surface area contributed by atoms with Gasteiger partial charge in [-0.15, -0.1) is 0 Å². The largest absolute Gasteiger partial charge is 0.480 e. The van der Waals surface area contributed by atoms with Gasteiger partial charge in [-0.2, -0.15) is 13.2 Å². The standard InChI is InChI=1S/C26H40F3N5O7/c1-14(2)20(22(38)26(27,28)29)31-23(39)17-7-6-8-34(17)24(40)21(15(3)4)30-18(35)11-16(5)12-32-9-10-33(25(32)41)13-19(36)37/h14-17,20-21H,6-13H2,1-5H3,(H,30,35)(H,31,39)(H,36,37)/t16?,17-,20-,21-/m0/s1. The average molecular weight is 592 g/mol. The zero-order valence-corrected chi connectivity index (χ0v) is 24.0. The number of rotatable bonds is 13. The van der Waals surface area contributed by atoms with Crippen LogP contribution in [0.15, 0.2) is 0 Å². The molecule has 0 saturated carbocycles. The number of urea groups is 1. The molecule has 2 aliphatic rings. The molecule has 2 fully saturated rings. The number of alkyl halides is 3. The Hall–Kier alpha value is -3.39. The second kappa shape index (κ2) is 14.0. The number of carbonyl (C=O) groups excluding carboxylic acids is 5. The van der Waals surface area contributed by atoms with E-state index >= 15 is 0 Å². The van der Waals surface area contributed by atoms with Crippen LogP contribution in [0.2, 0.25) is 0 Å². The van der Waals surface area contributed by atoms with E-state index in [0.717, 1.165) is 0 Å². The number of nitrogens with one attached hydrogen (secondary N) is 2. The van der Waals surface area contributed by atoms with Crippen LogP contribution in [-0.4, -0.2) is 112 Å². The van der Waals surface area contributed by atoms with Gasteiger partial charge in [-0.25, -0.2) is 4.79 Å². The fourth-order valence-corrected chi connectivity index (χ4v) is 5.06. The molecule has 3 N–H and O–H groups in total. The lowest BCUT2D eigenvalue weighted by Gasteiger charge is -2.32. The molecule has 1 unspecified atom stereocenters. The van der Waals surface area contributed by atoms with Gasteiger partial charge in [0, 0.05) is 32.6 Å². The maximum absolute atomic E-state index is 13.5. The summed E-state index contributed by atoms with van der Waals surface area (Å²) in [4.78, 5) is 78.3. The topological polar surface area (TPSA) is 156 Å². The van der Waals surface area contributed by atoms with Crippen LogP contribution >= 0.6 is 0 Å². The van der Waals surface area contributed by atoms with E-state index in [2.05, 4.69) is 10.6 Å². The molecule has 15 heteroatoms. The number of halogens is 3. The monoisotopic (exact) mass is 591 g/mol. The molecule has 12 nitrogen and oxygen atoms in total. The Kier molecular flexibility index (Phi) is 11.5. The summed E-state index contributed by atoms with van der Waals surface area (Å²) < 4.78 is 39.1. The number of carboxylic acids is 1. The average Bonchev–Trinajstić information content (AvgIpc) is 3.46. The predicted molar refractivity (Wildman–Crippen MR) is 139 cm³/mol. The molecule has 2 aliphatic heterocycles. The number of ketones is 1. The number of likely N-dealkylation sites (tertiary alicyclic amines) is 1. The van der Waals surface area contributed by atoms with Gasteiger partial charge in [0.2, 0.25) is 17.7 Å². The first-order valence-corrected chi connectivity index (χ1v) is 13.7. The molecule has 0 radical (unpaired) electrons. The van der Waals surface area contributed by atoms with Gasteiger partial charge in [-0.3, -0.25) is 24.0 Å². The van der Waals surface area contributed by atoms with Crippen LogP contribution in [0.1, 0.15) is 53.9 Å². The van der Waals surface area contributed by atoms with Crippen LogP contribution < -0.4 is 10.6 Å². The van der Waals surface area contributed by atoms with Crippen molar-refractivity contribution in [3.8, 4) is 0 Å². The first kappa shape index (κ1) is 33.8. The Balaban J connectivity index is 2.02. The number of hydrogen-bond acceptors (Lipinski definition) is 6. The van der Waals surface area contributed by atoms with Gasteiger partial charge in [0.05, 0.1) is 6.04 Å². The molecule has 4 atom stereocenters.